The van der Waals surface area contributed by atoms with Crippen molar-refractivity contribution < 1.29 is 36.7 Å². The second kappa shape index (κ2) is 9.53. The van der Waals surface area contributed by atoms with Crippen LogP contribution in [0.15, 0.2) is 51.7 Å². The number of hydrogen-bond acceptors (Lipinski definition) is 6. The van der Waals surface area contributed by atoms with E-state index in [0.717, 1.165) is 12.1 Å². The smallest absolute Gasteiger partial charge is 0.416 e. The summed E-state index contributed by atoms with van der Waals surface area (Å²) in [5, 5.41) is 2.78. The van der Waals surface area contributed by atoms with Gasteiger partial charge in [0.15, 0.2) is 12.7 Å². The van der Waals surface area contributed by atoms with Gasteiger partial charge in [-0.15, -0.1) is 0 Å². The number of carbonyl (C=O) groups excluding carboxylic acids is 2. The van der Waals surface area contributed by atoms with Gasteiger partial charge in [-0.2, -0.15) is 13.2 Å². The topological polar surface area (TPSA) is 94.8 Å². The molecule has 1 N–H and O–H groups in total. The molecule has 0 spiro atoms. The van der Waals surface area contributed by atoms with E-state index in [2.05, 4.69) is 5.32 Å². The first-order valence-corrected chi connectivity index (χ1v) is 9.86. The lowest BCUT2D eigenvalue weighted by Gasteiger charge is -2.16. The summed E-state index contributed by atoms with van der Waals surface area (Å²) >= 11 is 5.84. The number of anilines is 1. The van der Waals surface area contributed by atoms with Gasteiger partial charge in [-0.3, -0.25) is 4.79 Å². The molecule has 3 rings (SSSR count). The number of halogens is 4. The van der Waals surface area contributed by atoms with E-state index in [1.165, 1.54) is 19.1 Å². The van der Waals surface area contributed by atoms with Crippen molar-refractivity contribution in [2.24, 2.45) is 0 Å². The molecule has 0 saturated heterocycles. The number of alkyl halides is 3. The number of amides is 1. The van der Waals surface area contributed by atoms with Crippen molar-refractivity contribution in [3.63, 3.8) is 0 Å². The van der Waals surface area contributed by atoms with Crippen LogP contribution in [0.25, 0.3) is 11.0 Å². The summed E-state index contributed by atoms with van der Waals surface area (Å²) < 4.78 is 53.9. The second-order valence-corrected chi connectivity index (χ2v) is 7.42. The summed E-state index contributed by atoms with van der Waals surface area (Å²) in [5.41, 5.74) is -0.813. The fraction of sp³-hybridized carbons (Fsp3) is 0.227. The van der Waals surface area contributed by atoms with Gasteiger partial charge < -0.3 is 19.2 Å². The summed E-state index contributed by atoms with van der Waals surface area (Å²) in [4.78, 5) is 35.8. The maximum absolute atomic E-state index is 12.9. The van der Waals surface area contributed by atoms with E-state index >= 15 is 0 Å². The van der Waals surface area contributed by atoms with Gasteiger partial charge in [0.1, 0.15) is 11.3 Å². The van der Waals surface area contributed by atoms with Crippen LogP contribution in [0.4, 0.5) is 18.9 Å². The Balaban J connectivity index is 1.59. The van der Waals surface area contributed by atoms with Crippen LogP contribution in [0, 0.1) is 6.92 Å². The first kappa shape index (κ1) is 24.1. The molecule has 174 valence electrons. The van der Waals surface area contributed by atoms with E-state index in [1.54, 1.807) is 19.1 Å². The molecule has 11 heteroatoms. The number of fused-ring (bicyclic) bond motifs is 1. The highest BCUT2D eigenvalue weighted by Crippen LogP contribution is 2.34. The molecule has 3 aromatic rings. The molecule has 0 aliphatic carbocycles. The minimum Gasteiger partial charge on any atom is -0.482 e. The Kier molecular flexibility index (Phi) is 6.97. The Morgan fingerprint density at radius 1 is 1.15 bits per heavy atom. The molecule has 0 aliphatic rings. The summed E-state index contributed by atoms with van der Waals surface area (Å²) in [6.07, 6.45) is -5.97. The van der Waals surface area contributed by atoms with Crippen molar-refractivity contribution in [2.75, 3.05) is 11.9 Å². The van der Waals surface area contributed by atoms with Gasteiger partial charge in [0.05, 0.1) is 16.3 Å². The highest BCUT2D eigenvalue weighted by Gasteiger charge is 2.31. The van der Waals surface area contributed by atoms with Crippen LogP contribution in [0.5, 0.6) is 5.75 Å². The first-order chi connectivity index (χ1) is 15.4. The Morgan fingerprint density at radius 2 is 1.88 bits per heavy atom. The number of benzene rings is 2. The number of ether oxygens (including phenoxy) is 2. The van der Waals surface area contributed by atoms with Gasteiger partial charge in [0.2, 0.25) is 0 Å². The zero-order valence-electron chi connectivity index (χ0n) is 17.3. The first-order valence-electron chi connectivity index (χ1n) is 9.48. The summed E-state index contributed by atoms with van der Waals surface area (Å²) in [5.74, 6) is -1.56. The van der Waals surface area contributed by atoms with Crippen LogP contribution in [0.1, 0.15) is 18.1 Å². The molecular formula is C22H17ClF3NO6. The average Bonchev–Trinajstić information content (AvgIpc) is 2.72. The third-order valence-corrected chi connectivity index (χ3v) is 4.84. The van der Waals surface area contributed by atoms with Crippen molar-refractivity contribution in [3.05, 3.63) is 69.0 Å². The molecule has 2 aromatic carbocycles. The Bertz CT molecular complexity index is 1270. The third-order valence-electron chi connectivity index (χ3n) is 4.51. The Labute approximate surface area is 190 Å². The van der Waals surface area contributed by atoms with Gasteiger partial charge in [0.25, 0.3) is 5.91 Å². The molecule has 1 unspecified atom stereocenters. The van der Waals surface area contributed by atoms with Crippen molar-refractivity contribution in [1.82, 2.24) is 0 Å². The number of aryl methyl sites for hydroxylation is 1. The number of rotatable bonds is 6. The lowest BCUT2D eigenvalue weighted by molar-refractivity contribution is -0.155. The van der Waals surface area contributed by atoms with Crippen molar-refractivity contribution in [3.8, 4) is 5.75 Å². The zero-order valence-corrected chi connectivity index (χ0v) is 18.0. The van der Waals surface area contributed by atoms with Crippen LogP contribution >= 0.6 is 11.6 Å². The number of hydrogen-bond donors (Lipinski definition) is 1. The van der Waals surface area contributed by atoms with Gasteiger partial charge >= 0.3 is 17.8 Å². The van der Waals surface area contributed by atoms with E-state index in [-0.39, 0.29) is 22.0 Å². The largest absolute Gasteiger partial charge is 0.482 e. The number of carbonyl (C=O) groups is 2. The predicted molar refractivity (Wildman–Crippen MR) is 113 cm³/mol. The summed E-state index contributed by atoms with van der Waals surface area (Å²) in [6.45, 7) is 2.42. The molecule has 0 radical (unpaired) electrons. The van der Waals surface area contributed by atoms with E-state index < -0.39 is 42.0 Å². The Morgan fingerprint density at radius 3 is 2.58 bits per heavy atom. The molecule has 0 fully saturated rings. The highest BCUT2D eigenvalue weighted by molar-refractivity contribution is 6.33. The Hall–Kier alpha value is -3.53. The van der Waals surface area contributed by atoms with Crippen LogP contribution in [0.2, 0.25) is 5.02 Å². The van der Waals surface area contributed by atoms with Crippen LogP contribution < -0.4 is 15.7 Å². The number of esters is 1. The van der Waals surface area contributed by atoms with Gasteiger partial charge in [-0.25, -0.2) is 9.59 Å². The van der Waals surface area contributed by atoms with Crippen molar-refractivity contribution >= 4 is 40.1 Å². The molecule has 0 aliphatic heterocycles. The fourth-order valence-corrected chi connectivity index (χ4v) is 3.02. The zero-order chi connectivity index (χ0) is 24.3. The summed E-state index contributed by atoms with van der Waals surface area (Å²) in [7, 11) is 0. The van der Waals surface area contributed by atoms with E-state index in [0.29, 0.717) is 17.0 Å². The molecule has 0 bridgehead atoms. The molecular weight excluding hydrogens is 467 g/mol. The monoisotopic (exact) mass is 483 g/mol. The van der Waals surface area contributed by atoms with Gasteiger partial charge in [0, 0.05) is 17.5 Å². The maximum Gasteiger partial charge on any atom is 0.416 e. The van der Waals surface area contributed by atoms with Gasteiger partial charge in [-0.05, 0) is 49.7 Å². The molecule has 7 nitrogen and oxygen atoms in total. The molecule has 0 saturated carbocycles. The lowest BCUT2D eigenvalue weighted by Crippen LogP contribution is -2.31. The normalized spacial score (nSPS) is 12.3. The van der Waals surface area contributed by atoms with E-state index in [4.69, 9.17) is 25.5 Å². The van der Waals surface area contributed by atoms with Crippen molar-refractivity contribution in [1.29, 1.82) is 0 Å². The van der Waals surface area contributed by atoms with E-state index in [9.17, 15) is 27.6 Å². The molecule has 1 atom stereocenters. The van der Waals surface area contributed by atoms with E-state index in [1.807, 2.05) is 0 Å². The molecule has 33 heavy (non-hydrogen) atoms. The lowest BCUT2D eigenvalue weighted by atomic mass is 10.1. The minimum absolute atomic E-state index is 0.114. The second-order valence-electron chi connectivity index (χ2n) is 7.01. The molecule has 1 heterocycles. The predicted octanol–water partition coefficient (Wildman–Crippen LogP) is 4.72. The van der Waals surface area contributed by atoms with Crippen LogP contribution in [-0.2, 0) is 20.5 Å². The maximum atomic E-state index is 12.9. The highest BCUT2D eigenvalue weighted by atomic mass is 35.5. The van der Waals surface area contributed by atoms with Crippen molar-refractivity contribution in [2.45, 2.75) is 26.1 Å². The fourth-order valence-electron chi connectivity index (χ4n) is 2.85. The van der Waals surface area contributed by atoms with Gasteiger partial charge in [-0.1, -0.05) is 11.6 Å². The average molecular weight is 484 g/mol. The van der Waals surface area contributed by atoms with Crippen LogP contribution in [-0.4, -0.2) is 24.6 Å². The van der Waals surface area contributed by atoms with Crippen LogP contribution in [0.3, 0.4) is 0 Å². The minimum atomic E-state index is -4.62. The molecule has 1 aromatic heterocycles. The number of nitrogens with one attached hydrogen (secondary N) is 1. The quantitative estimate of drug-likeness (QED) is 0.402. The standard InChI is InChI=1S/C22H17ClF3NO6/c1-11-7-19(28)33-18-9-14(4-5-15(11)18)31-10-20(29)32-12(2)21(30)27-17-8-13(22(24,25)26)3-6-16(17)23/h3-9,12H,10H2,1-2H3,(H,27,30). The molecule has 1 amide bonds. The summed E-state index contributed by atoms with van der Waals surface area (Å²) in [6, 6.07) is 8.45. The SMILES string of the molecule is Cc1cc(=O)oc2cc(OCC(=O)OC(C)C(=O)Nc3cc(C(F)(F)F)ccc3Cl)ccc12. The third kappa shape index (κ3) is 6.04.